The van der Waals surface area contributed by atoms with Gasteiger partial charge >= 0.3 is 0 Å². The first kappa shape index (κ1) is 14.7. The van der Waals surface area contributed by atoms with Crippen molar-refractivity contribution >= 4 is 10.8 Å². The van der Waals surface area contributed by atoms with Crippen LogP contribution in [0.1, 0.15) is 38.8 Å². The van der Waals surface area contributed by atoms with Gasteiger partial charge in [0.15, 0.2) is 0 Å². The van der Waals surface area contributed by atoms with Crippen molar-refractivity contribution in [2.24, 2.45) is 0 Å². The maximum atomic E-state index is 11.7. The van der Waals surface area contributed by atoms with Crippen LogP contribution in [-0.2, 0) is 23.9 Å². The van der Waals surface area contributed by atoms with Crippen LogP contribution in [0.5, 0.6) is 0 Å². The molecule has 2 rings (SSSR count). The molecule has 0 aromatic carbocycles. The summed E-state index contributed by atoms with van der Waals surface area (Å²) in [5.41, 5.74) is -0.0278. The lowest BCUT2D eigenvalue weighted by molar-refractivity contribution is 0.128. The molecule has 108 valence electrons. The van der Waals surface area contributed by atoms with Gasteiger partial charge in [0.05, 0.1) is 6.54 Å². The molecule has 1 aliphatic rings. The zero-order valence-corrected chi connectivity index (χ0v) is 13.2. The molecule has 0 bridgehead atoms. The van der Waals surface area contributed by atoms with Gasteiger partial charge in [-0.15, -0.1) is 10.2 Å². The number of hydrogen-bond donors (Lipinski definition) is 0. The van der Waals surface area contributed by atoms with Crippen molar-refractivity contribution < 1.29 is 4.21 Å². The van der Waals surface area contributed by atoms with Crippen molar-refractivity contribution in [2.75, 3.05) is 18.1 Å². The van der Waals surface area contributed by atoms with Crippen molar-refractivity contribution in [1.82, 2.24) is 19.7 Å². The molecule has 1 aliphatic heterocycles. The van der Waals surface area contributed by atoms with E-state index in [1.54, 1.807) is 0 Å². The Morgan fingerprint density at radius 2 is 2.11 bits per heavy atom. The predicted molar refractivity (Wildman–Crippen MR) is 77.4 cm³/mol. The monoisotopic (exact) mass is 284 g/mol. The molecule has 1 atom stereocenters. The summed E-state index contributed by atoms with van der Waals surface area (Å²) >= 11 is 0. The zero-order chi connectivity index (χ0) is 14.0. The summed E-state index contributed by atoms with van der Waals surface area (Å²) in [6, 6.07) is 0. The van der Waals surface area contributed by atoms with Crippen LogP contribution in [-0.4, -0.2) is 47.5 Å². The molecule has 1 aromatic heterocycles. The third kappa shape index (κ3) is 3.23. The van der Waals surface area contributed by atoms with Gasteiger partial charge in [-0.3, -0.25) is 9.11 Å². The minimum atomic E-state index is -0.676. The normalized spacial score (nSPS) is 23.7. The Bertz CT molecular complexity index is 469. The summed E-state index contributed by atoms with van der Waals surface area (Å²) in [5, 5.41) is 8.50. The maximum Gasteiger partial charge on any atom is 0.147 e. The third-order valence-corrected chi connectivity index (χ3v) is 5.42. The van der Waals surface area contributed by atoms with E-state index in [2.05, 4.69) is 40.4 Å². The van der Waals surface area contributed by atoms with Gasteiger partial charge in [0.2, 0.25) is 0 Å². The second-order valence-corrected chi connectivity index (χ2v) is 7.41. The molecule has 1 aromatic rings. The lowest BCUT2D eigenvalue weighted by Crippen LogP contribution is -2.53. The van der Waals surface area contributed by atoms with Crippen LogP contribution < -0.4 is 0 Å². The average molecular weight is 284 g/mol. The van der Waals surface area contributed by atoms with Gasteiger partial charge in [0.1, 0.15) is 11.6 Å². The fourth-order valence-electron chi connectivity index (χ4n) is 2.59. The molecule has 6 heteroatoms. The third-order valence-electron chi connectivity index (χ3n) is 3.75. The Hall–Kier alpha value is -0.750. The first-order valence-corrected chi connectivity index (χ1v) is 8.41. The van der Waals surface area contributed by atoms with Crippen LogP contribution in [0.4, 0.5) is 0 Å². The van der Waals surface area contributed by atoms with Gasteiger partial charge in [-0.2, -0.15) is 0 Å². The standard InChI is InChI=1S/C13H24N4OS/c1-5-6-17-11(2)14-15-12(17)9-16-7-8-19(18)10-13(16,3)4/h5-10H2,1-4H3. The Morgan fingerprint density at radius 1 is 1.37 bits per heavy atom. The average Bonchev–Trinajstić information content (AvgIpc) is 2.65. The summed E-state index contributed by atoms with van der Waals surface area (Å²) in [5.74, 6) is 3.52. The molecule has 1 fully saturated rings. The number of rotatable bonds is 4. The van der Waals surface area contributed by atoms with Gasteiger partial charge in [-0.05, 0) is 27.2 Å². The van der Waals surface area contributed by atoms with Crippen molar-refractivity contribution in [1.29, 1.82) is 0 Å². The first-order chi connectivity index (χ1) is 8.94. The van der Waals surface area contributed by atoms with Crippen LogP contribution in [0.15, 0.2) is 0 Å². The molecular weight excluding hydrogens is 260 g/mol. The van der Waals surface area contributed by atoms with Crippen molar-refractivity contribution in [3.05, 3.63) is 11.6 Å². The Morgan fingerprint density at radius 3 is 2.74 bits per heavy atom. The van der Waals surface area contributed by atoms with Crippen molar-refractivity contribution in [2.45, 2.75) is 52.7 Å². The van der Waals surface area contributed by atoms with Crippen molar-refractivity contribution in [3.8, 4) is 0 Å². The second kappa shape index (κ2) is 5.71. The zero-order valence-electron chi connectivity index (χ0n) is 12.3. The maximum absolute atomic E-state index is 11.7. The fraction of sp³-hybridized carbons (Fsp3) is 0.846. The minimum absolute atomic E-state index is 0.0278. The Balaban J connectivity index is 2.14. The molecule has 0 amide bonds. The summed E-state index contributed by atoms with van der Waals surface area (Å²) < 4.78 is 13.9. The van der Waals surface area contributed by atoms with E-state index in [0.717, 1.165) is 49.2 Å². The second-order valence-electron chi connectivity index (χ2n) is 5.84. The van der Waals surface area contributed by atoms with E-state index in [1.165, 1.54) is 0 Å². The molecule has 0 spiro atoms. The lowest BCUT2D eigenvalue weighted by atomic mass is 10.1. The topological polar surface area (TPSA) is 51.0 Å². The van der Waals surface area contributed by atoms with E-state index in [1.807, 2.05) is 6.92 Å². The lowest BCUT2D eigenvalue weighted by Gasteiger charge is -2.41. The van der Waals surface area contributed by atoms with Crippen LogP contribution in [0.25, 0.3) is 0 Å². The van der Waals surface area contributed by atoms with Crippen molar-refractivity contribution in [3.63, 3.8) is 0 Å². The van der Waals surface area contributed by atoms with E-state index < -0.39 is 10.8 Å². The number of nitrogens with zero attached hydrogens (tertiary/aromatic N) is 4. The van der Waals surface area contributed by atoms with Gasteiger partial charge in [-0.25, -0.2) is 0 Å². The van der Waals surface area contributed by atoms with E-state index in [-0.39, 0.29) is 5.54 Å². The number of aryl methyl sites for hydroxylation is 1. The van der Waals surface area contributed by atoms with Gasteiger partial charge in [0.25, 0.3) is 0 Å². The largest absolute Gasteiger partial charge is 0.314 e. The minimum Gasteiger partial charge on any atom is -0.314 e. The van der Waals surface area contributed by atoms with Crippen LogP contribution >= 0.6 is 0 Å². The highest BCUT2D eigenvalue weighted by Crippen LogP contribution is 2.22. The molecular formula is C13H24N4OS. The Labute approximate surface area is 117 Å². The SMILES string of the molecule is CCCn1c(C)nnc1CN1CCS(=O)CC1(C)C. The van der Waals surface area contributed by atoms with Gasteiger partial charge in [-0.1, -0.05) is 6.92 Å². The summed E-state index contributed by atoms with van der Waals surface area (Å²) in [6.07, 6.45) is 1.08. The molecule has 0 radical (unpaired) electrons. The molecule has 19 heavy (non-hydrogen) atoms. The molecule has 5 nitrogen and oxygen atoms in total. The predicted octanol–water partition coefficient (Wildman–Crippen LogP) is 1.34. The smallest absolute Gasteiger partial charge is 0.147 e. The highest BCUT2D eigenvalue weighted by atomic mass is 32.2. The molecule has 1 unspecified atom stereocenters. The highest BCUT2D eigenvalue weighted by molar-refractivity contribution is 7.85. The van der Waals surface area contributed by atoms with E-state index in [4.69, 9.17) is 0 Å². The fourth-order valence-corrected chi connectivity index (χ4v) is 4.13. The molecule has 1 saturated heterocycles. The van der Waals surface area contributed by atoms with E-state index in [9.17, 15) is 4.21 Å². The van der Waals surface area contributed by atoms with Gasteiger partial charge < -0.3 is 4.57 Å². The molecule has 0 aliphatic carbocycles. The summed E-state index contributed by atoms with van der Waals surface area (Å²) in [4.78, 5) is 2.38. The summed E-state index contributed by atoms with van der Waals surface area (Å²) in [6.45, 7) is 11.1. The molecule has 0 N–H and O–H groups in total. The van der Waals surface area contributed by atoms with Crippen LogP contribution in [0.2, 0.25) is 0 Å². The molecule has 0 saturated carbocycles. The number of aromatic nitrogens is 3. The van der Waals surface area contributed by atoms with Gasteiger partial charge in [0, 0.05) is 40.9 Å². The Kier molecular flexibility index (Phi) is 4.40. The molecule has 2 heterocycles. The number of hydrogen-bond acceptors (Lipinski definition) is 4. The van der Waals surface area contributed by atoms with E-state index in [0.29, 0.717) is 0 Å². The quantitative estimate of drug-likeness (QED) is 0.837. The highest BCUT2D eigenvalue weighted by Gasteiger charge is 2.34. The summed E-state index contributed by atoms with van der Waals surface area (Å²) in [7, 11) is -0.676. The van der Waals surface area contributed by atoms with E-state index >= 15 is 0 Å². The van der Waals surface area contributed by atoms with Crippen LogP contribution in [0, 0.1) is 6.92 Å². The first-order valence-electron chi connectivity index (χ1n) is 6.92. The van der Waals surface area contributed by atoms with Crippen LogP contribution in [0.3, 0.4) is 0 Å².